The zero-order valence-electron chi connectivity index (χ0n) is 15.3. The van der Waals surface area contributed by atoms with Crippen molar-refractivity contribution in [2.45, 2.75) is 21.4 Å². The van der Waals surface area contributed by atoms with E-state index >= 15 is 0 Å². The van der Waals surface area contributed by atoms with Gasteiger partial charge in [-0.15, -0.1) is 0 Å². The average molecular weight is 509 g/mol. The molecule has 2 aromatic carbocycles. The van der Waals surface area contributed by atoms with Crippen LogP contribution < -0.4 is 15.6 Å². The van der Waals surface area contributed by atoms with Crippen molar-refractivity contribution in [3.8, 4) is 5.75 Å². The van der Waals surface area contributed by atoms with Gasteiger partial charge in [0.15, 0.2) is 0 Å². The lowest BCUT2D eigenvalue weighted by atomic mass is 10.2. The maximum absolute atomic E-state index is 11.9. The Labute approximate surface area is 189 Å². The van der Waals surface area contributed by atoms with Gasteiger partial charge in [-0.05, 0) is 53.3 Å². The predicted octanol–water partition coefficient (Wildman–Crippen LogP) is 3.64. The fraction of sp³-hybridized carbons (Fsp3) is 0.158. The second kappa shape index (κ2) is 10.8. The number of aryl methyl sites for hydroxylation is 1. The number of hydrazone groups is 1. The van der Waals surface area contributed by atoms with E-state index in [4.69, 9.17) is 0 Å². The van der Waals surface area contributed by atoms with Crippen molar-refractivity contribution in [2.75, 3.05) is 5.75 Å². The van der Waals surface area contributed by atoms with E-state index in [0.717, 1.165) is 18.9 Å². The molecule has 10 heteroatoms. The zero-order valence-corrected chi connectivity index (χ0v) is 19.4. The molecule has 3 rings (SSSR count). The van der Waals surface area contributed by atoms with Crippen LogP contribution in [0.15, 0.2) is 60.7 Å². The van der Waals surface area contributed by atoms with Gasteiger partial charge in [0, 0.05) is 15.3 Å². The van der Waals surface area contributed by atoms with E-state index in [1.165, 1.54) is 46.5 Å². The Balaban J connectivity index is 1.43. The summed E-state index contributed by atoms with van der Waals surface area (Å²) in [5.74, 6) is 0.617. The summed E-state index contributed by atoms with van der Waals surface area (Å²) in [6.45, 7) is 2.07. The summed E-state index contributed by atoms with van der Waals surface area (Å²) in [7, 11) is 0. The second-order valence-electron chi connectivity index (χ2n) is 5.92. The van der Waals surface area contributed by atoms with Crippen LogP contribution in [0.4, 0.5) is 0 Å². The van der Waals surface area contributed by atoms with Gasteiger partial charge in [-0.1, -0.05) is 74.4 Å². The van der Waals surface area contributed by atoms with Gasteiger partial charge in [0.1, 0.15) is 0 Å². The third-order valence-electron chi connectivity index (χ3n) is 3.60. The number of carbonyl (C=O) groups is 1. The van der Waals surface area contributed by atoms with E-state index in [1.54, 1.807) is 23.9 Å². The first-order valence-electron chi connectivity index (χ1n) is 8.48. The summed E-state index contributed by atoms with van der Waals surface area (Å²) >= 11 is 7.82. The highest BCUT2D eigenvalue weighted by molar-refractivity contribution is 9.10. The molecule has 1 amide bonds. The molecule has 3 aromatic rings. The lowest BCUT2D eigenvalue weighted by molar-refractivity contribution is -0.492. The predicted molar refractivity (Wildman–Crippen MR) is 119 cm³/mol. The minimum Gasteiger partial charge on any atom is -0.872 e. The molecule has 29 heavy (non-hydrogen) atoms. The smallest absolute Gasteiger partial charge is 0.323 e. The van der Waals surface area contributed by atoms with E-state index in [0.29, 0.717) is 5.56 Å². The van der Waals surface area contributed by atoms with E-state index in [-0.39, 0.29) is 17.4 Å². The molecule has 0 saturated heterocycles. The number of halogens is 1. The lowest BCUT2D eigenvalue weighted by Gasteiger charge is -2.09. The number of nitrogens with zero attached hydrogens (tertiary/aromatic N) is 2. The van der Waals surface area contributed by atoms with Crippen molar-refractivity contribution in [1.82, 2.24) is 10.5 Å². The lowest BCUT2D eigenvalue weighted by Crippen LogP contribution is -2.19. The molecule has 2 N–H and O–H groups in total. The zero-order chi connectivity index (χ0) is 20.6. The maximum Gasteiger partial charge on any atom is 0.323 e. The highest BCUT2D eigenvalue weighted by Gasteiger charge is 2.13. The van der Waals surface area contributed by atoms with Gasteiger partial charge in [-0.25, -0.2) is 5.43 Å². The van der Waals surface area contributed by atoms with Crippen molar-refractivity contribution in [3.05, 3.63) is 63.6 Å². The summed E-state index contributed by atoms with van der Waals surface area (Å²) in [5.41, 5.74) is 5.32. The molecule has 6 nitrogen and oxygen atoms in total. The molecule has 1 heterocycles. The topological polar surface area (TPSA) is 91.6 Å². The maximum atomic E-state index is 11.9. The van der Waals surface area contributed by atoms with Crippen LogP contribution in [0.2, 0.25) is 0 Å². The highest BCUT2D eigenvalue weighted by Crippen LogP contribution is 2.28. The number of benzene rings is 2. The summed E-state index contributed by atoms with van der Waals surface area (Å²) in [4.78, 5) is 11.9. The quantitative estimate of drug-likeness (QED) is 0.285. The Morgan fingerprint density at radius 1 is 1.31 bits per heavy atom. The number of nitrogens with one attached hydrogen (secondary N) is 2. The number of carbonyl (C=O) groups excluding carboxylic acids is 1. The molecule has 0 radical (unpaired) electrons. The molecule has 0 aliphatic heterocycles. The van der Waals surface area contributed by atoms with Crippen LogP contribution in [0.25, 0.3) is 0 Å². The molecule has 0 bridgehead atoms. The van der Waals surface area contributed by atoms with Gasteiger partial charge >= 0.3 is 4.34 Å². The number of rotatable bonds is 8. The molecular formula is C19H17BrN4O2S3. The number of amides is 1. The number of hydrogen-bond donors (Lipinski definition) is 1. The molecule has 0 aliphatic carbocycles. The van der Waals surface area contributed by atoms with Crippen LogP contribution >= 0.6 is 50.8 Å². The first-order valence-corrected chi connectivity index (χ1v) is 12.1. The van der Waals surface area contributed by atoms with Gasteiger partial charge in [0.2, 0.25) is 4.34 Å². The molecule has 1 aromatic heterocycles. The fourth-order valence-corrected chi connectivity index (χ4v) is 5.35. The van der Waals surface area contributed by atoms with Gasteiger partial charge < -0.3 is 5.11 Å². The fourth-order valence-electron chi connectivity index (χ4n) is 2.13. The van der Waals surface area contributed by atoms with Crippen LogP contribution in [0.1, 0.15) is 16.7 Å². The number of thioether (sulfide) groups is 2. The number of H-pyrrole nitrogens is 1. The van der Waals surface area contributed by atoms with Crippen LogP contribution in [0, 0.1) is 6.92 Å². The Hall–Kier alpha value is -1.88. The Bertz CT molecular complexity index is 1010. The molecule has 0 aliphatic rings. The van der Waals surface area contributed by atoms with Gasteiger partial charge in [-0.2, -0.15) is 5.10 Å². The van der Waals surface area contributed by atoms with Crippen molar-refractivity contribution < 1.29 is 15.0 Å². The molecule has 0 atom stereocenters. The van der Waals surface area contributed by atoms with Crippen LogP contribution in [0.5, 0.6) is 5.75 Å². The number of hydrogen-bond acceptors (Lipinski definition) is 7. The Morgan fingerprint density at radius 3 is 2.90 bits per heavy atom. The molecule has 0 saturated carbocycles. The minimum absolute atomic E-state index is 0.158. The first-order chi connectivity index (χ1) is 14.0. The van der Waals surface area contributed by atoms with E-state index in [1.807, 2.05) is 0 Å². The molecule has 0 spiro atoms. The highest BCUT2D eigenvalue weighted by atomic mass is 79.9. The Kier molecular flexibility index (Phi) is 8.10. The van der Waals surface area contributed by atoms with Crippen molar-refractivity contribution >= 4 is 62.9 Å². The molecule has 0 unspecified atom stereocenters. The van der Waals surface area contributed by atoms with Gasteiger partial charge in [-0.3, -0.25) is 4.79 Å². The van der Waals surface area contributed by atoms with Gasteiger partial charge in [0.25, 0.3) is 5.91 Å². The van der Waals surface area contributed by atoms with Crippen molar-refractivity contribution in [1.29, 1.82) is 0 Å². The summed E-state index contributed by atoms with van der Waals surface area (Å²) in [5, 5.41) is 22.8. The monoisotopic (exact) mass is 508 g/mol. The number of aromatic amines is 1. The summed E-state index contributed by atoms with van der Waals surface area (Å²) < 4.78 is 2.55. The SMILES string of the molecule is Cc1ccc(CSc2[nH+]nc(SCC(=O)NN=Cc3cc(Br)ccc3[O-])s2)cc1. The van der Waals surface area contributed by atoms with E-state index in [2.05, 4.69) is 67.8 Å². The first kappa shape index (κ1) is 21.8. The van der Waals surface area contributed by atoms with E-state index in [9.17, 15) is 9.90 Å². The summed E-state index contributed by atoms with van der Waals surface area (Å²) in [6, 6.07) is 13.2. The van der Waals surface area contributed by atoms with Crippen molar-refractivity contribution in [3.63, 3.8) is 0 Å². The normalized spacial score (nSPS) is 11.1. The second-order valence-corrected chi connectivity index (χ2v) is 10.3. The van der Waals surface area contributed by atoms with Crippen LogP contribution in [-0.4, -0.2) is 23.0 Å². The van der Waals surface area contributed by atoms with Gasteiger partial charge in [0.05, 0.1) is 12.0 Å². The van der Waals surface area contributed by atoms with Crippen molar-refractivity contribution in [2.24, 2.45) is 5.10 Å². The van der Waals surface area contributed by atoms with E-state index < -0.39 is 0 Å². The average Bonchev–Trinajstić information content (AvgIpc) is 3.16. The van der Waals surface area contributed by atoms with Crippen LogP contribution in [-0.2, 0) is 10.5 Å². The largest absolute Gasteiger partial charge is 0.872 e. The summed E-state index contributed by atoms with van der Waals surface area (Å²) in [6.07, 6.45) is 1.34. The van der Waals surface area contributed by atoms with Crippen LogP contribution in [0.3, 0.4) is 0 Å². The number of aromatic nitrogens is 2. The molecule has 150 valence electrons. The third kappa shape index (κ3) is 7.14. The molecular weight excluding hydrogens is 492 g/mol. The molecule has 0 fully saturated rings. The standard InChI is InChI=1S/C19H17BrN4O2S3/c1-12-2-4-13(5-3-12)10-27-18-23-24-19(29-18)28-11-17(26)22-21-9-14-8-15(20)6-7-16(14)25/h2-9,25H,10-11H2,1H3,(H,22,26). The third-order valence-corrected chi connectivity index (χ3v) is 7.42. The Morgan fingerprint density at radius 2 is 2.10 bits per heavy atom. The minimum atomic E-state index is -0.266.